The van der Waals surface area contributed by atoms with Gasteiger partial charge < -0.3 is 24.1 Å². The fraction of sp³-hybridized carbons (Fsp3) is 0.786. The second-order valence-corrected chi connectivity index (χ2v) is 5.27. The SMILES string of the molecule is C=CCO[C@H]1C[C@@H](OC(C)=O)C[C@@H](COC(C)(C)O)O1. The number of ether oxygens (including phenoxy) is 4. The van der Waals surface area contributed by atoms with E-state index in [1.807, 2.05) is 0 Å². The lowest BCUT2D eigenvalue weighted by Gasteiger charge is -2.35. The smallest absolute Gasteiger partial charge is 0.302 e. The second kappa shape index (κ2) is 7.73. The van der Waals surface area contributed by atoms with Gasteiger partial charge in [-0.05, 0) is 13.8 Å². The van der Waals surface area contributed by atoms with Crippen LogP contribution in [0, 0.1) is 0 Å². The van der Waals surface area contributed by atoms with Crippen LogP contribution in [-0.2, 0) is 23.7 Å². The Bertz CT molecular complexity index is 322. The van der Waals surface area contributed by atoms with E-state index >= 15 is 0 Å². The molecule has 0 amide bonds. The van der Waals surface area contributed by atoms with E-state index < -0.39 is 12.1 Å². The number of hydrogen-bond donors (Lipinski definition) is 1. The van der Waals surface area contributed by atoms with Crippen LogP contribution in [0.25, 0.3) is 0 Å². The molecule has 1 rings (SSSR count). The first-order chi connectivity index (χ1) is 9.30. The van der Waals surface area contributed by atoms with Gasteiger partial charge in [0.05, 0.1) is 19.3 Å². The Hall–Kier alpha value is -0.950. The van der Waals surface area contributed by atoms with Gasteiger partial charge in [0.1, 0.15) is 6.10 Å². The maximum Gasteiger partial charge on any atom is 0.302 e. The van der Waals surface area contributed by atoms with Gasteiger partial charge in [-0.2, -0.15) is 0 Å². The van der Waals surface area contributed by atoms with Crippen molar-refractivity contribution in [2.45, 2.75) is 57.9 Å². The molecule has 20 heavy (non-hydrogen) atoms. The van der Waals surface area contributed by atoms with Gasteiger partial charge in [-0.1, -0.05) is 6.08 Å². The fourth-order valence-corrected chi connectivity index (χ4v) is 1.95. The summed E-state index contributed by atoms with van der Waals surface area (Å²) in [5.41, 5.74) is 0. The Labute approximate surface area is 119 Å². The molecule has 0 radical (unpaired) electrons. The van der Waals surface area contributed by atoms with Gasteiger partial charge in [0.15, 0.2) is 12.1 Å². The molecule has 3 atom stereocenters. The van der Waals surface area contributed by atoms with Crippen molar-refractivity contribution in [3.8, 4) is 0 Å². The first kappa shape index (κ1) is 17.1. The fourth-order valence-electron chi connectivity index (χ4n) is 1.95. The minimum absolute atomic E-state index is 0.204. The van der Waals surface area contributed by atoms with Crippen LogP contribution in [0.3, 0.4) is 0 Å². The molecule has 1 aliphatic rings. The predicted octanol–water partition coefficient (Wildman–Crippen LogP) is 1.37. The molecule has 116 valence electrons. The highest BCUT2D eigenvalue weighted by atomic mass is 16.7. The highest BCUT2D eigenvalue weighted by Gasteiger charge is 2.32. The zero-order chi connectivity index (χ0) is 15.2. The standard InChI is InChI=1S/C14H24O6/c1-5-6-17-13-8-11(19-10(2)15)7-12(20-13)9-18-14(3,4)16/h5,11-13,16H,1,6-9H2,2-4H3/t11-,12-,13+/m0/s1. The van der Waals surface area contributed by atoms with Crippen molar-refractivity contribution in [2.24, 2.45) is 0 Å². The van der Waals surface area contributed by atoms with Crippen molar-refractivity contribution < 1.29 is 28.8 Å². The topological polar surface area (TPSA) is 74.2 Å². The molecule has 0 aromatic carbocycles. The minimum Gasteiger partial charge on any atom is -0.462 e. The summed E-state index contributed by atoms with van der Waals surface area (Å²) in [6, 6.07) is 0. The third-order valence-electron chi connectivity index (χ3n) is 2.68. The maximum atomic E-state index is 11.1. The Morgan fingerprint density at radius 2 is 2.20 bits per heavy atom. The van der Waals surface area contributed by atoms with E-state index in [1.54, 1.807) is 19.9 Å². The van der Waals surface area contributed by atoms with E-state index in [2.05, 4.69) is 6.58 Å². The third-order valence-corrected chi connectivity index (χ3v) is 2.68. The summed E-state index contributed by atoms with van der Waals surface area (Å²) in [4.78, 5) is 11.1. The third kappa shape index (κ3) is 7.00. The van der Waals surface area contributed by atoms with Crippen LogP contribution in [0.2, 0.25) is 0 Å². The molecule has 0 saturated carbocycles. The van der Waals surface area contributed by atoms with E-state index in [0.717, 1.165) is 0 Å². The summed E-state index contributed by atoms with van der Waals surface area (Å²) >= 11 is 0. The summed E-state index contributed by atoms with van der Waals surface area (Å²) < 4.78 is 21.7. The molecule has 1 saturated heterocycles. The summed E-state index contributed by atoms with van der Waals surface area (Å²) in [5.74, 6) is -1.56. The largest absolute Gasteiger partial charge is 0.462 e. The van der Waals surface area contributed by atoms with E-state index in [9.17, 15) is 9.90 Å². The minimum atomic E-state index is -1.23. The van der Waals surface area contributed by atoms with Gasteiger partial charge in [-0.15, -0.1) is 6.58 Å². The highest BCUT2D eigenvalue weighted by molar-refractivity contribution is 5.66. The lowest BCUT2D eigenvalue weighted by molar-refractivity contribution is -0.251. The molecule has 0 bridgehead atoms. The molecule has 1 N–H and O–H groups in total. The number of carbonyl (C=O) groups is 1. The Kier molecular flexibility index (Phi) is 6.61. The van der Waals surface area contributed by atoms with Crippen molar-refractivity contribution in [1.82, 2.24) is 0 Å². The molecule has 1 aliphatic heterocycles. The molecule has 6 heteroatoms. The average Bonchev–Trinajstić information content (AvgIpc) is 2.32. The molecule has 0 aromatic rings. The number of esters is 1. The zero-order valence-corrected chi connectivity index (χ0v) is 12.3. The van der Waals surface area contributed by atoms with Crippen LogP contribution in [0.4, 0.5) is 0 Å². The maximum absolute atomic E-state index is 11.1. The van der Waals surface area contributed by atoms with Crippen LogP contribution in [0.15, 0.2) is 12.7 Å². The molecule has 0 aliphatic carbocycles. The van der Waals surface area contributed by atoms with Gasteiger partial charge in [0.25, 0.3) is 0 Å². The van der Waals surface area contributed by atoms with Crippen molar-refractivity contribution in [3.05, 3.63) is 12.7 Å². The number of carbonyl (C=O) groups excluding carboxylic acids is 1. The first-order valence-electron chi connectivity index (χ1n) is 6.71. The van der Waals surface area contributed by atoms with Gasteiger partial charge in [-0.3, -0.25) is 4.79 Å². The number of aliphatic hydroxyl groups is 1. The normalized spacial score (nSPS) is 27.1. The van der Waals surface area contributed by atoms with Crippen LogP contribution in [-0.4, -0.2) is 48.6 Å². The number of hydrogen-bond acceptors (Lipinski definition) is 6. The van der Waals surface area contributed by atoms with E-state index in [4.69, 9.17) is 18.9 Å². The monoisotopic (exact) mass is 288 g/mol. The van der Waals surface area contributed by atoms with Crippen molar-refractivity contribution in [1.29, 1.82) is 0 Å². The van der Waals surface area contributed by atoms with Crippen molar-refractivity contribution in [3.63, 3.8) is 0 Å². The van der Waals surface area contributed by atoms with Gasteiger partial charge in [0, 0.05) is 19.8 Å². The van der Waals surface area contributed by atoms with Gasteiger partial charge in [0.2, 0.25) is 0 Å². The quantitative estimate of drug-likeness (QED) is 0.433. The van der Waals surface area contributed by atoms with Gasteiger partial charge in [-0.25, -0.2) is 0 Å². The Morgan fingerprint density at radius 3 is 2.75 bits per heavy atom. The van der Waals surface area contributed by atoms with Crippen LogP contribution in [0.1, 0.15) is 33.6 Å². The Balaban J connectivity index is 2.54. The second-order valence-electron chi connectivity index (χ2n) is 5.27. The van der Waals surface area contributed by atoms with E-state index in [0.29, 0.717) is 19.4 Å². The zero-order valence-electron chi connectivity index (χ0n) is 12.3. The summed E-state index contributed by atoms with van der Waals surface area (Å²) in [5, 5.41) is 9.56. The highest BCUT2D eigenvalue weighted by Crippen LogP contribution is 2.24. The van der Waals surface area contributed by atoms with Crippen molar-refractivity contribution in [2.75, 3.05) is 13.2 Å². The Morgan fingerprint density at radius 1 is 1.50 bits per heavy atom. The molecule has 1 fully saturated rings. The van der Waals surface area contributed by atoms with E-state index in [-0.39, 0.29) is 24.8 Å². The molecular weight excluding hydrogens is 264 g/mol. The summed E-state index contributed by atoms with van der Waals surface area (Å²) in [6.07, 6.45) is 1.58. The average molecular weight is 288 g/mol. The molecule has 6 nitrogen and oxygen atoms in total. The molecule has 0 aromatic heterocycles. The van der Waals surface area contributed by atoms with Crippen LogP contribution < -0.4 is 0 Å². The lowest BCUT2D eigenvalue weighted by atomic mass is 10.1. The van der Waals surface area contributed by atoms with Crippen LogP contribution >= 0.6 is 0 Å². The number of rotatable bonds is 7. The summed E-state index contributed by atoms with van der Waals surface area (Å²) in [7, 11) is 0. The van der Waals surface area contributed by atoms with Gasteiger partial charge >= 0.3 is 5.97 Å². The predicted molar refractivity (Wildman–Crippen MR) is 71.8 cm³/mol. The molecule has 0 spiro atoms. The molecular formula is C14H24O6. The first-order valence-corrected chi connectivity index (χ1v) is 6.71. The summed E-state index contributed by atoms with van der Waals surface area (Å²) in [6.45, 7) is 8.60. The van der Waals surface area contributed by atoms with Crippen LogP contribution in [0.5, 0.6) is 0 Å². The lowest BCUT2D eigenvalue weighted by Crippen LogP contribution is -2.42. The molecule has 1 heterocycles. The molecule has 0 unspecified atom stereocenters. The van der Waals surface area contributed by atoms with Crippen molar-refractivity contribution >= 4 is 5.97 Å². The van der Waals surface area contributed by atoms with E-state index in [1.165, 1.54) is 6.92 Å².